The molecule has 2 N–H and O–H groups in total. The van der Waals surface area contributed by atoms with Gasteiger partial charge in [-0.15, -0.1) is 0 Å². The molecule has 2 rings (SSSR count). The summed E-state index contributed by atoms with van der Waals surface area (Å²) in [4.78, 5) is 0. The van der Waals surface area contributed by atoms with Gasteiger partial charge in [-0.2, -0.15) is 0 Å². The lowest BCUT2D eigenvalue weighted by molar-refractivity contribution is -0.164. The van der Waals surface area contributed by atoms with Crippen molar-refractivity contribution in [2.75, 3.05) is 0 Å². The van der Waals surface area contributed by atoms with Crippen LogP contribution in [0.25, 0.3) is 0 Å². The van der Waals surface area contributed by atoms with Crippen molar-refractivity contribution < 1.29 is 14.9 Å². The van der Waals surface area contributed by atoms with Crippen molar-refractivity contribution in [2.45, 2.75) is 44.2 Å². The Bertz CT molecular complexity index is 319. The van der Waals surface area contributed by atoms with E-state index in [1.165, 1.54) is 0 Å². The zero-order valence-electron chi connectivity index (χ0n) is 9.30. The summed E-state index contributed by atoms with van der Waals surface area (Å²) in [7, 11) is 0. The van der Waals surface area contributed by atoms with Crippen molar-refractivity contribution in [1.82, 2.24) is 0 Å². The van der Waals surface area contributed by atoms with E-state index in [1.807, 2.05) is 30.3 Å². The van der Waals surface area contributed by atoms with Crippen LogP contribution in [0, 0.1) is 0 Å². The van der Waals surface area contributed by atoms with Gasteiger partial charge >= 0.3 is 0 Å². The van der Waals surface area contributed by atoms with E-state index in [4.69, 9.17) is 4.74 Å². The second kappa shape index (κ2) is 4.95. The van der Waals surface area contributed by atoms with E-state index in [2.05, 4.69) is 0 Å². The first-order chi connectivity index (χ1) is 7.68. The highest BCUT2D eigenvalue weighted by Crippen LogP contribution is 2.35. The minimum Gasteiger partial charge on any atom is -0.390 e. The van der Waals surface area contributed by atoms with Gasteiger partial charge in [0.15, 0.2) is 6.29 Å². The van der Waals surface area contributed by atoms with Gasteiger partial charge in [-0.1, -0.05) is 30.3 Å². The van der Waals surface area contributed by atoms with Crippen LogP contribution in [0.5, 0.6) is 0 Å². The number of ether oxygens (including phenoxy) is 1. The molecule has 1 aromatic carbocycles. The summed E-state index contributed by atoms with van der Waals surface area (Å²) in [5.74, 6) is 0. The van der Waals surface area contributed by atoms with Gasteiger partial charge < -0.3 is 14.9 Å². The van der Waals surface area contributed by atoms with Crippen LogP contribution in [0.15, 0.2) is 30.3 Å². The molecule has 1 aromatic rings. The first-order valence-corrected chi connectivity index (χ1v) is 5.74. The van der Waals surface area contributed by atoms with Gasteiger partial charge in [0.25, 0.3) is 0 Å². The van der Waals surface area contributed by atoms with Crippen LogP contribution in [0.4, 0.5) is 0 Å². The fourth-order valence-electron chi connectivity index (χ4n) is 1.94. The molecular formula is C13H18O3. The largest absolute Gasteiger partial charge is 0.390 e. The van der Waals surface area contributed by atoms with Gasteiger partial charge in [-0.05, 0) is 24.8 Å². The van der Waals surface area contributed by atoms with E-state index in [-0.39, 0.29) is 0 Å². The van der Waals surface area contributed by atoms with Crippen molar-refractivity contribution in [2.24, 2.45) is 0 Å². The lowest BCUT2D eigenvalue weighted by Crippen LogP contribution is -2.40. The average molecular weight is 222 g/mol. The van der Waals surface area contributed by atoms with Gasteiger partial charge in [-0.25, -0.2) is 0 Å². The minimum atomic E-state index is -0.870. The maximum Gasteiger partial charge on any atom is 0.157 e. The molecular weight excluding hydrogens is 204 g/mol. The van der Waals surface area contributed by atoms with Crippen LogP contribution in [-0.2, 0) is 11.3 Å². The van der Waals surface area contributed by atoms with Crippen LogP contribution >= 0.6 is 0 Å². The zero-order valence-corrected chi connectivity index (χ0v) is 9.30. The minimum absolute atomic E-state index is 0.319. The molecule has 0 amide bonds. The van der Waals surface area contributed by atoms with Crippen LogP contribution in [0.3, 0.4) is 0 Å². The molecule has 1 unspecified atom stereocenters. The van der Waals surface area contributed by atoms with E-state index in [1.54, 1.807) is 0 Å². The molecule has 88 valence electrons. The molecule has 3 heteroatoms. The molecule has 0 spiro atoms. The predicted molar refractivity (Wildman–Crippen MR) is 60.7 cm³/mol. The Morgan fingerprint density at radius 3 is 2.50 bits per heavy atom. The summed E-state index contributed by atoms with van der Waals surface area (Å²) in [6.45, 7) is 0.387. The second-order valence-electron chi connectivity index (χ2n) is 4.53. The topological polar surface area (TPSA) is 49.7 Å². The fourth-order valence-corrected chi connectivity index (χ4v) is 1.94. The summed E-state index contributed by atoms with van der Waals surface area (Å²) in [6.07, 6.45) is 2.05. The Labute approximate surface area is 95.7 Å². The Morgan fingerprint density at radius 2 is 1.94 bits per heavy atom. The molecule has 0 radical (unpaired) electrons. The third-order valence-electron chi connectivity index (χ3n) is 3.12. The van der Waals surface area contributed by atoms with Crippen LogP contribution in [-0.4, -0.2) is 22.1 Å². The van der Waals surface area contributed by atoms with Gasteiger partial charge in [-0.3, -0.25) is 0 Å². The maximum atomic E-state index is 9.84. The van der Waals surface area contributed by atoms with Crippen molar-refractivity contribution >= 4 is 0 Å². The van der Waals surface area contributed by atoms with Gasteiger partial charge in [0.2, 0.25) is 0 Å². The number of hydrogen-bond donors (Lipinski definition) is 2. The molecule has 3 nitrogen and oxygen atoms in total. The molecule has 0 heterocycles. The summed E-state index contributed by atoms with van der Waals surface area (Å²) in [5, 5.41) is 19.5. The molecule has 16 heavy (non-hydrogen) atoms. The maximum absolute atomic E-state index is 9.84. The lowest BCUT2D eigenvalue weighted by atomic mass is 9.78. The summed E-state index contributed by atoms with van der Waals surface area (Å²) in [5.41, 5.74) is 0.345. The molecule has 1 aliphatic rings. The molecule has 1 atom stereocenters. The van der Waals surface area contributed by atoms with E-state index < -0.39 is 11.9 Å². The molecule has 0 aromatic heterocycles. The highest BCUT2D eigenvalue weighted by Gasteiger charge is 2.36. The Balaban J connectivity index is 1.73. The van der Waals surface area contributed by atoms with Crippen molar-refractivity contribution in [3.63, 3.8) is 0 Å². The highest BCUT2D eigenvalue weighted by molar-refractivity contribution is 5.13. The molecule has 1 saturated carbocycles. The first kappa shape index (κ1) is 11.6. The molecule has 0 saturated heterocycles. The van der Waals surface area contributed by atoms with Crippen molar-refractivity contribution in [3.05, 3.63) is 35.9 Å². The SMILES string of the molecule is OC(CC1(O)CCC1)OCc1ccccc1. The van der Waals surface area contributed by atoms with Gasteiger partial charge in [0.05, 0.1) is 12.2 Å². The number of hydrogen-bond acceptors (Lipinski definition) is 3. The van der Waals surface area contributed by atoms with E-state index in [0.717, 1.165) is 24.8 Å². The summed E-state index contributed by atoms with van der Waals surface area (Å²) >= 11 is 0. The highest BCUT2D eigenvalue weighted by atomic mass is 16.6. The fraction of sp³-hybridized carbons (Fsp3) is 0.538. The standard InChI is InChI=1S/C13H18O3/c14-12(9-13(15)7-4-8-13)16-10-11-5-2-1-3-6-11/h1-3,5-6,12,14-15H,4,7-10H2. The first-order valence-electron chi connectivity index (χ1n) is 5.74. The van der Waals surface area contributed by atoms with E-state index in [0.29, 0.717) is 13.0 Å². The number of aliphatic hydroxyl groups excluding tert-OH is 1. The summed E-state index contributed by atoms with van der Waals surface area (Å²) in [6, 6.07) is 9.71. The molecule has 0 aliphatic heterocycles. The lowest BCUT2D eigenvalue weighted by Gasteiger charge is -2.37. The van der Waals surface area contributed by atoms with E-state index in [9.17, 15) is 10.2 Å². The normalized spacial score (nSPS) is 20.1. The van der Waals surface area contributed by atoms with Crippen LogP contribution < -0.4 is 0 Å². The second-order valence-corrected chi connectivity index (χ2v) is 4.53. The van der Waals surface area contributed by atoms with Crippen molar-refractivity contribution in [1.29, 1.82) is 0 Å². The third-order valence-corrected chi connectivity index (χ3v) is 3.12. The Morgan fingerprint density at radius 1 is 1.25 bits per heavy atom. The van der Waals surface area contributed by atoms with Gasteiger partial charge in [0, 0.05) is 6.42 Å². The van der Waals surface area contributed by atoms with Crippen LogP contribution in [0.1, 0.15) is 31.2 Å². The number of aliphatic hydroxyl groups is 2. The quantitative estimate of drug-likeness (QED) is 0.747. The molecule has 1 aliphatic carbocycles. The molecule has 1 fully saturated rings. The van der Waals surface area contributed by atoms with Gasteiger partial charge in [0.1, 0.15) is 0 Å². The Hall–Kier alpha value is -0.900. The average Bonchev–Trinajstić information content (AvgIpc) is 2.26. The van der Waals surface area contributed by atoms with Crippen LogP contribution in [0.2, 0.25) is 0 Å². The molecule has 0 bridgehead atoms. The third kappa shape index (κ3) is 3.04. The monoisotopic (exact) mass is 222 g/mol. The number of rotatable bonds is 5. The zero-order chi connectivity index (χ0) is 11.4. The predicted octanol–water partition coefficient (Wildman–Crippen LogP) is 1.83. The smallest absolute Gasteiger partial charge is 0.157 e. The Kier molecular flexibility index (Phi) is 3.59. The summed E-state index contributed by atoms with van der Waals surface area (Å²) < 4.78 is 5.30. The van der Waals surface area contributed by atoms with E-state index >= 15 is 0 Å². The van der Waals surface area contributed by atoms with Crippen molar-refractivity contribution in [3.8, 4) is 0 Å². The number of benzene rings is 1.